The van der Waals surface area contributed by atoms with Crippen LogP contribution < -0.4 is 10.6 Å². The van der Waals surface area contributed by atoms with Gasteiger partial charge in [-0.3, -0.25) is 4.99 Å². The summed E-state index contributed by atoms with van der Waals surface area (Å²) in [6, 6.07) is 0.454. The minimum Gasteiger partial charge on any atom is -0.352 e. The van der Waals surface area contributed by atoms with Gasteiger partial charge >= 0.3 is 0 Å². The Morgan fingerprint density at radius 3 is 3.00 bits per heavy atom. The second-order valence-electron chi connectivity index (χ2n) is 3.47. The summed E-state index contributed by atoms with van der Waals surface area (Å²) in [5, 5.41) is 9.64. The van der Waals surface area contributed by atoms with Crippen LogP contribution in [0.2, 0.25) is 0 Å². The number of hydrogen-bond donors (Lipinski definition) is 2. The summed E-state index contributed by atoms with van der Waals surface area (Å²) in [6.45, 7) is 5.75. The lowest BCUT2D eigenvalue weighted by atomic mass is 10.4. The van der Waals surface area contributed by atoms with Gasteiger partial charge in [-0.2, -0.15) is 0 Å². The lowest BCUT2D eigenvalue weighted by molar-refractivity contribution is 0.713. The van der Waals surface area contributed by atoms with Gasteiger partial charge in [-0.25, -0.2) is 4.98 Å². The first-order valence-corrected chi connectivity index (χ1v) is 5.58. The summed E-state index contributed by atoms with van der Waals surface area (Å²) in [4.78, 5) is 8.67. The molecule has 0 fully saturated rings. The zero-order valence-electron chi connectivity index (χ0n) is 8.78. The van der Waals surface area contributed by atoms with E-state index in [4.69, 9.17) is 0 Å². The van der Waals surface area contributed by atoms with Crippen molar-refractivity contribution in [3.05, 3.63) is 16.1 Å². The van der Waals surface area contributed by atoms with Crippen molar-refractivity contribution in [3.8, 4) is 0 Å². The number of aryl methyl sites for hydroxylation is 1. The number of nitrogens with one attached hydrogen (secondary N) is 2. The molecule has 1 aromatic heterocycles. The van der Waals surface area contributed by atoms with E-state index < -0.39 is 0 Å². The van der Waals surface area contributed by atoms with Crippen molar-refractivity contribution in [1.29, 1.82) is 0 Å². The van der Waals surface area contributed by atoms with Crippen LogP contribution in [0, 0.1) is 6.92 Å². The molecule has 0 aromatic carbocycles. The molecule has 2 rings (SSSR count). The molecule has 0 saturated heterocycles. The molecule has 6 heteroatoms. The van der Waals surface area contributed by atoms with Crippen LogP contribution in [0.1, 0.15) is 17.6 Å². The van der Waals surface area contributed by atoms with E-state index in [1.54, 1.807) is 11.3 Å². The molecule has 1 aromatic rings. The van der Waals surface area contributed by atoms with Gasteiger partial charge < -0.3 is 10.6 Å². The number of thiazole rings is 1. The Balaban J connectivity index is 0.00000112. The third kappa shape index (κ3) is 3.60. The summed E-state index contributed by atoms with van der Waals surface area (Å²) in [5.74, 6) is 0.894. The van der Waals surface area contributed by atoms with E-state index in [1.165, 1.54) is 0 Å². The predicted molar refractivity (Wildman–Crippen MR) is 74.0 cm³/mol. The van der Waals surface area contributed by atoms with Crippen molar-refractivity contribution in [3.63, 3.8) is 0 Å². The highest BCUT2D eigenvalue weighted by atomic mass is 127. The van der Waals surface area contributed by atoms with E-state index in [2.05, 4.69) is 32.9 Å². The highest BCUT2D eigenvalue weighted by Crippen LogP contribution is 2.07. The van der Waals surface area contributed by atoms with Crippen LogP contribution in [0.3, 0.4) is 0 Å². The minimum atomic E-state index is 0. The average molecular weight is 338 g/mol. The third-order valence-electron chi connectivity index (χ3n) is 1.98. The first-order chi connectivity index (χ1) is 6.74. The number of halogens is 1. The number of rotatable bonds is 2. The normalized spacial score (nSPS) is 19.1. The van der Waals surface area contributed by atoms with Crippen LogP contribution in [-0.4, -0.2) is 23.5 Å². The maximum Gasteiger partial charge on any atom is 0.191 e. The molecule has 1 aliphatic heterocycles. The zero-order valence-corrected chi connectivity index (χ0v) is 11.9. The fourth-order valence-corrected chi connectivity index (χ4v) is 2.01. The molecule has 0 radical (unpaired) electrons. The SMILES string of the molecule is Cc1csc(CNC2=NCC(C)N2)n1.I. The van der Waals surface area contributed by atoms with Crippen LogP contribution in [0.25, 0.3) is 0 Å². The Morgan fingerprint density at radius 2 is 2.47 bits per heavy atom. The average Bonchev–Trinajstić information content (AvgIpc) is 2.72. The molecule has 0 amide bonds. The molecule has 2 N–H and O–H groups in total. The second-order valence-corrected chi connectivity index (χ2v) is 4.41. The van der Waals surface area contributed by atoms with Crippen molar-refractivity contribution in [2.24, 2.45) is 4.99 Å². The number of hydrogen-bond acceptors (Lipinski definition) is 5. The van der Waals surface area contributed by atoms with Crippen molar-refractivity contribution < 1.29 is 0 Å². The fourth-order valence-electron chi connectivity index (χ4n) is 1.30. The Labute approximate surface area is 111 Å². The lowest BCUT2D eigenvalue weighted by Gasteiger charge is -2.06. The summed E-state index contributed by atoms with van der Waals surface area (Å²) < 4.78 is 0. The summed E-state index contributed by atoms with van der Waals surface area (Å²) >= 11 is 1.68. The van der Waals surface area contributed by atoms with Crippen LogP contribution in [0.4, 0.5) is 0 Å². The fraction of sp³-hybridized carbons (Fsp3) is 0.556. The maximum atomic E-state index is 4.36. The van der Waals surface area contributed by atoms with Crippen molar-refractivity contribution in [1.82, 2.24) is 15.6 Å². The lowest BCUT2D eigenvalue weighted by Crippen LogP contribution is -2.37. The Hall–Kier alpha value is -0.370. The molecule has 2 heterocycles. The summed E-state index contributed by atoms with van der Waals surface area (Å²) in [5.41, 5.74) is 1.08. The summed E-state index contributed by atoms with van der Waals surface area (Å²) in [6.07, 6.45) is 0. The quantitative estimate of drug-likeness (QED) is 0.804. The van der Waals surface area contributed by atoms with E-state index in [-0.39, 0.29) is 24.0 Å². The monoisotopic (exact) mass is 338 g/mol. The maximum absolute atomic E-state index is 4.36. The van der Waals surface area contributed by atoms with Gasteiger partial charge in [0.1, 0.15) is 5.01 Å². The topological polar surface area (TPSA) is 49.3 Å². The zero-order chi connectivity index (χ0) is 9.97. The predicted octanol–water partition coefficient (Wildman–Crippen LogP) is 1.51. The molecule has 0 saturated carbocycles. The van der Waals surface area contributed by atoms with Crippen molar-refractivity contribution in [2.45, 2.75) is 26.4 Å². The Kier molecular flexibility index (Phi) is 4.78. The van der Waals surface area contributed by atoms with E-state index in [0.29, 0.717) is 6.04 Å². The molecule has 1 aliphatic rings. The second kappa shape index (κ2) is 5.64. The smallest absolute Gasteiger partial charge is 0.191 e. The molecule has 84 valence electrons. The van der Waals surface area contributed by atoms with E-state index in [0.717, 1.165) is 29.8 Å². The van der Waals surface area contributed by atoms with Crippen molar-refractivity contribution in [2.75, 3.05) is 6.54 Å². The number of nitrogens with zero attached hydrogens (tertiary/aromatic N) is 2. The van der Waals surface area contributed by atoms with Crippen molar-refractivity contribution >= 4 is 41.3 Å². The van der Waals surface area contributed by atoms with Gasteiger partial charge in [-0.1, -0.05) is 0 Å². The third-order valence-corrected chi connectivity index (χ3v) is 2.95. The molecular formula is C9H15IN4S. The van der Waals surface area contributed by atoms with Gasteiger partial charge in [0.15, 0.2) is 5.96 Å². The van der Waals surface area contributed by atoms with Crippen LogP contribution in [-0.2, 0) is 6.54 Å². The molecule has 1 unspecified atom stereocenters. The Bertz CT molecular complexity index is 350. The standard InChI is InChI=1S/C9H14N4S.HI/c1-6-3-10-9(13-6)11-4-8-12-7(2)5-14-8;/h5-6H,3-4H2,1-2H3,(H2,10,11,13);1H. The number of aliphatic imine (C=N–C) groups is 1. The van der Waals surface area contributed by atoms with Gasteiger partial charge in [0.2, 0.25) is 0 Å². The first-order valence-electron chi connectivity index (χ1n) is 4.70. The molecule has 0 aliphatic carbocycles. The van der Waals surface area contributed by atoms with Gasteiger partial charge in [-0.05, 0) is 13.8 Å². The highest BCUT2D eigenvalue weighted by Gasteiger charge is 2.11. The van der Waals surface area contributed by atoms with Crippen LogP contribution in [0.15, 0.2) is 10.4 Å². The molecule has 0 spiro atoms. The molecule has 4 nitrogen and oxygen atoms in total. The minimum absolute atomic E-state index is 0. The van der Waals surface area contributed by atoms with Crippen LogP contribution in [0.5, 0.6) is 0 Å². The van der Waals surface area contributed by atoms with Gasteiger partial charge in [0, 0.05) is 17.1 Å². The largest absolute Gasteiger partial charge is 0.352 e. The van der Waals surface area contributed by atoms with E-state index >= 15 is 0 Å². The van der Waals surface area contributed by atoms with E-state index in [1.807, 2.05) is 6.92 Å². The molecule has 15 heavy (non-hydrogen) atoms. The van der Waals surface area contributed by atoms with Gasteiger partial charge in [-0.15, -0.1) is 35.3 Å². The molecule has 1 atom stereocenters. The van der Waals surface area contributed by atoms with E-state index in [9.17, 15) is 0 Å². The molecular weight excluding hydrogens is 323 g/mol. The van der Waals surface area contributed by atoms with Gasteiger partial charge in [0.05, 0.1) is 13.1 Å². The molecule has 0 bridgehead atoms. The number of guanidine groups is 1. The van der Waals surface area contributed by atoms with Crippen LogP contribution >= 0.6 is 35.3 Å². The first kappa shape index (κ1) is 12.7. The Morgan fingerprint density at radius 1 is 1.67 bits per heavy atom. The van der Waals surface area contributed by atoms with Gasteiger partial charge in [0.25, 0.3) is 0 Å². The summed E-state index contributed by atoms with van der Waals surface area (Å²) in [7, 11) is 0. The highest BCUT2D eigenvalue weighted by molar-refractivity contribution is 14.0. The number of aromatic nitrogens is 1.